The number of fused-ring (bicyclic) bond motifs is 2. The van der Waals surface area contributed by atoms with Crippen LogP contribution in [-0.2, 0) is 14.3 Å². The van der Waals surface area contributed by atoms with Crippen molar-refractivity contribution in [1.82, 2.24) is 4.98 Å². The molecule has 1 saturated carbocycles. The van der Waals surface area contributed by atoms with Crippen LogP contribution in [0, 0.1) is 24.7 Å². The predicted molar refractivity (Wildman–Crippen MR) is 170 cm³/mol. The van der Waals surface area contributed by atoms with Crippen LogP contribution in [0.2, 0.25) is 10.0 Å². The third-order valence-corrected chi connectivity index (χ3v) is 9.40. The van der Waals surface area contributed by atoms with E-state index in [1.54, 1.807) is 60.7 Å². The van der Waals surface area contributed by atoms with Crippen molar-refractivity contribution in [2.75, 3.05) is 4.90 Å². The molecule has 9 heteroatoms. The molecule has 0 spiro atoms. The molecular formula is C35H30Cl2N2O5. The highest BCUT2D eigenvalue weighted by Crippen LogP contribution is 2.42. The highest BCUT2D eigenvalue weighted by Gasteiger charge is 2.49. The fraction of sp³-hybridized carbons (Fsp3) is 0.286. The van der Waals surface area contributed by atoms with Crippen LogP contribution < -0.4 is 4.90 Å². The Morgan fingerprint density at radius 3 is 2.41 bits per heavy atom. The second-order valence-electron chi connectivity index (χ2n) is 11.7. The van der Waals surface area contributed by atoms with Crippen molar-refractivity contribution in [1.29, 1.82) is 0 Å². The number of carbonyl (C=O) groups is 4. The van der Waals surface area contributed by atoms with E-state index in [0.29, 0.717) is 54.9 Å². The van der Waals surface area contributed by atoms with Crippen LogP contribution in [0.4, 0.5) is 5.69 Å². The van der Waals surface area contributed by atoms with Gasteiger partial charge in [0.05, 0.1) is 34.3 Å². The largest absolute Gasteiger partial charge is 0.451 e. The fourth-order valence-electron chi connectivity index (χ4n) is 6.30. The number of Topliss-reactive ketones (excluding diaryl/α,β-unsaturated/α-hetero) is 1. The number of ketones is 1. The molecule has 3 aromatic carbocycles. The average molecular weight is 630 g/mol. The number of imide groups is 1. The van der Waals surface area contributed by atoms with Gasteiger partial charge in [-0.25, -0.2) is 9.78 Å². The van der Waals surface area contributed by atoms with Gasteiger partial charge in [0.25, 0.3) is 0 Å². The number of aromatic nitrogens is 1. The van der Waals surface area contributed by atoms with E-state index < -0.39 is 12.1 Å². The van der Waals surface area contributed by atoms with Gasteiger partial charge in [-0.1, -0.05) is 60.5 Å². The molecule has 7 nitrogen and oxygen atoms in total. The summed E-state index contributed by atoms with van der Waals surface area (Å²) in [4.78, 5) is 59.1. The molecular weight excluding hydrogens is 599 g/mol. The number of carbonyl (C=O) groups excluding carboxylic acids is 4. The molecule has 0 radical (unpaired) electrons. The minimum atomic E-state index is -1.07. The molecule has 4 atom stereocenters. The third kappa shape index (κ3) is 5.39. The molecule has 4 unspecified atom stereocenters. The molecule has 6 rings (SSSR count). The molecule has 1 aromatic heterocycles. The number of hydrogen-bond donors (Lipinski definition) is 0. The van der Waals surface area contributed by atoms with E-state index in [-0.39, 0.29) is 35.0 Å². The highest BCUT2D eigenvalue weighted by molar-refractivity contribution is 6.32. The number of esters is 1. The van der Waals surface area contributed by atoms with Crippen LogP contribution in [0.25, 0.3) is 22.2 Å². The summed E-state index contributed by atoms with van der Waals surface area (Å²) in [6.07, 6.45) is 1.34. The molecule has 1 aliphatic heterocycles. The summed E-state index contributed by atoms with van der Waals surface area (Å²) in [5.74, 6) is -1.44. The Morgan fingerprint density at radius 1 is 0.955 bits per heavy atom. The summed E-state index contributed by atoms with van der Waals surface area (Å²) < 4.78 is 5.65. The van der Waals surface area contributed by atoms with E-state index in [0.717, 1.165) is 19.3 Å². The van der Waals surface area contributed by atoms with Crippen molar-refractivity contribution in [3.05, 3.63) is 93.5 Å². The lowest BCUT2D eigenvalue weighted by Crippen LogP contribution is -2.30. The minimum Gasteiger partial charge on any atom is -0.451 e. The Balaban J connectivity index is 1.32. The number of anilines is 1. The molecule has 2 aliphatic rings. The first kappa shape index (κ1) is 30.0. The van der Waals surface area contributed by atoms with Gasteiger partial charge < -0.3 is 4.74 Å². The minimum absolute atomic E-state index is 0.139. The van der Waals surface area contributed by atoms with Crippen molar-refractivity contribution in [3.63, 3.8) is 0 Å². The highest BCUT2D eigenvalue weighted by atomic mass is 35.5. The second kappa shape index (κ2) is 11.8. The monoisotopic (exact) mass is 628 g/mol. The number of ether oxygens (including phenoxy) is 1. The van der Waals surface area contributed by atoms with Gasteiger partial charge in [-0.05, 0) is 81.0 Å². The standard InChI is InChI=1S/C35H30Cl2N2O5/c1-18-7-12-26-27(15-18)34(42)39(33(26)41)24-10-8-21(9-11-24)30-17-28(25-13-14-29(37)19(2)31(25)38-30)35(43)44-20(3)32(40)22-5-4-6-23(36)16-22/h4-6,8-11,13-14,16-18,20,26-27H,7,12,15H2,1-3H3. The molecule has 1 saturated heterocycles. The van der Waals surface area contributed by atoms with Crippen molar-refractivity contribution in [2.24, 2.45) is 17.8 Å². The predicted octanol–water partition coefficient (Wildman–Crippen LogP) is 7.87. The lowest BCUT2D eigenvalue weighted by molar-refractivity contribution is -0.122. The van der Waals surface area contributed by atoms with Crippen LogP contribution >= 0.6 is 23.2 Å². The van der Waals surface area contributed by atoms with Gasteiger partial charge in [0.1, 0.15) is 0 Å². The number of amides is 2. The molecule has 224 valence electrons. The van der Waals surface area contributed by atoms with Gasteiger partial charge in [0, 0.05) is 26.6 Å². The third-order valence-electron chi connectivity index (χ3n) is 8.76. The Morgan fingerprint density at radius 2 is 1.68 bits per heavy atom. The molecule has 0 N–H and O–H groups in total. The van der Waals surface area contributed by atoms with E-state index in [4.69, 9.17) is 32.9 Å². The summed E-state index contributed by atoms with van der Waals surface area (Å²) in [6.45, 7) is 5.46. The molecule has 44 heavy (non-hydrogen) atoms. The van der Waals surface area contributed by atoms with Crippen molar-refractivity contribution < 1.29 is 23.9 Å². The Hall–Kier alpha value is -4.07. The van der Waals surface area contributed by atoms with Crippen LogP contribution in [0.1, 0.15) is 59.4 Å². The van der Waals surface area contributed by atoms with Crippen LogP contribution in [0.5, 0.6) is 0 Å². The first-order valence-corrected chi connectivity index (χ1v) is 15.4. The van der Waals surface area contributed by atoms with Gasteiger partial charge >= 0.3 is 5.97 Å². The Bertz CT molecular complexity index is 1840. The van der Waals surface area contributed by atoms with Crippen LogP contribution in [0.3, 0.4) is 0 Å². The maximum Gasteiger partial charge on any atom is 0.339 e. The zero-order chi connectivity index (χ0) is 31.3. The average Bonchev–Trinajstić information content (AvgIpc) is 3.26. The number of benzene rings is 3. The first-order valence-electron chi connectivity index (χ1n) is 14.6. The van der Waals surface area contributed by atoms with Gasteiger partial charge in [-0.15, -0.1) is 0 Å². The van der Waals surface area contributed by atoms with Gasteiger partial charge in [0.2, 0.25) is 17.6 Å². The molecule has 2 amide bonds. The SMILES string of the molecule is Cc1c(Cl)ccc2c(C(=O)OC(C)C(=O)c3cccc(Cl)c3)cc(-c3ccc(N4C(=O)C5CCC(C)CC5C4=O)cc3)nc12. The molecule has 4 aromatic rings. The quantitative estimate of drug-likeness (QED) is 0.122. The van der Waals surface area contributed by atoms with Crippen LogP contribution in [0.15, 0.2) is 66.7 Å². The summed E-state index contributed by atoms with van der Waals surface area (Å²) in [6, 6.07) is 18.5. The molecule has 2 heterocycles. The maximum absolute atomic E-state index is 13.6. The van der Waals surface area contributed by atoms with Crippen molar-refractivity contribution >= 4 is 63.4 Å². The van der Waals surface area contributed by atoms with Crippen LogP contribution in [-0.4, -0.2) is 34.7 Å². The summed E-state index contributed by atoms with van der Waals surface area (Å²) in [5, 5.41) is 1.43. The zero-order valence-electron chi connectivity index (χ0n) is 24.5. The first-order chi connectivity index (χ1) is 21.0. The summed E-state index contributed by atoms with van der Waals surface area (Å²) in [5.41, 5.74) is 3.41. The summed E-state index contributed by atoms with van der Waals surface area (Å²) >= 11 is 12.5. The zero-order valence-corrected chi connectivity index (χ0v) is 26.0. The fourth-order valence-corrected chi connectivity index (χ4v) is 6.64. The van der Waals surface area contributed by atoms with E-state index in [2.05, 4.69) is 6.92 Å². The topological polar surface area (TPSA) is 93.6 Å². The van der Waals surface area contributed by atoms with Crippen molar-refractivity contribution in [2.45, 2.75) is 46.1 Å². The van der Waals surface area contributed by atoms with E-state index in [1.165, 1.54) is 17.9 Å². The number of nitrogens with zero attached hydrogens (tertiary/aromatic N) is 2. The van der Waals surface area contributed by atoms with E-state index >= 15 is 0 Å². The number of halogens is 2. The smallest absolute Gasteiger partial charge is 0.339 e. The maximum atomic E-state index is 13.6. The van der Waals surface area contributed by atoms with E-state index in [9.17, 15) is 19.2 Å². The Labute approximate surface area is 265 Å². The number of rotatable bonds is 6. The molecule has 1 aliphatic carbocycles. The number of aryl methyl sites for hydroxylation is 1. The summed E-state index contributed by atoms with van der Waals surface area (Å²) in [7, 11) is 0. The van der Waals surface area contributed by atoms with Gasteiger partial charge in [0.15, 0.2) is 6.10 Å². The molecule has 0 bridgehead atoms. The van der Waals surface area contributed by atoms with Crippen molar-refractivity contribution in [3.8, 4) is 11.3 Å². The van der Waals surface area contributed by atoms with Gasteiger partial charge in [-0.2, -0.15) is 0 Å². The van der Waals surface area contributed by atoms with E-state index in [1.807, 2.05) is 6.92 Å². The van der Waals surface area contributed by atoms with Gasteiger partial charge in [-0.3, -0.25) is 19.3 Å². The molecule has 2 fully saturated rings. The Kier molecular flexibility index (Phi) is 8.03. The lowest BCUT2D eigenvalue weighted by Gasteiger charge is -2.25. The lowest BCUT2D eigenvalue weighted by atomic mass is 9.76. The number of pyridine rings is 1. The number of hydrogen-bond acceptors (Lipinski definition) is 6. The second-order valence-corrected chi connectivity index (χ2v) is 12.6. The normalized spacial score (nSPS) is 20.5.